The number of nitrogens with zero attached hydrogens (tertiary/aromatic N) is 2. The van der Waals surface area contributed by atoms with Crippen LogP contribution in [0.5, 0.6) is 5.75 Å². The molecule has 3 aromatic rings. The zero-order valence-corrected chi connectivity index (χ0v) is 14.6. The van der Waals surface area contributed by atoms with Crippen LogP contribution in [0, 0.1) is 20.8 Å². The maximum atomic E-state index is 12.4. The zero-order valence-electron chi connectivity index (χ0n) is 14.6. The van der Waals surface area contributed by atoms with Crippen LogP contribution in [0.2, 0.25) is 0 Å². The summed E-state index contributed by atoms with van der Waals surface area (Å²) >= 11 is 0. The normalized spacial score (nSPS) is 10.7. The van der Waals surface area contributed by atoms with E-state index in [0.717, 1.165) is 28.1 Å². The van der Waals surface area contributed by atoms with Crippen molar-refractivity contribution in [1.82, 2.24) is 10.1 Å². The third-order valence-electron chi connectivity index (χ3n) is 4.24. The summed E-state index contributed by atoms with van der Waals surface area (Å²) in [4.78, 5) is 16.5. The van der Waals surface area contributed by atoms with Gasteiger partial charge in [-0.25, -0.2) is 0 Å². The lowest BCUT2D eigenvalue weighted by atomic mass is 10.0. The molecule has 2 aromatic heterocycles. The number of hydrogen-bond acceptors (Lipinski definition) is 5. The minimum Gasteiger partial charge on any atom is -0.489 e. The van der Waals surface area contributed by atoms with Crippen LogP contribution in [-0.2, 0) is 13.0 Å². The molecule has 0 unspecified atom stereocenters. The fourth-order valence-corrected chi connectivity index (χ4v) is 2.56. The van der Waals surface area contributed by atoms with Crippen LogP contribution >= 0.6 is 0 Å². The Morgan fingerprint density at radius 1 is 1.12 bits per heavy atom. The smallest absolute Gasteiger partial charge is 0.167 e. The standard InChI is InChI=1S/C20H20N2O3/c1-13-8-9-21-11-17(13)10-20(23)16-4-6-18(7-5-16)24-12-19-14(2)22-25-15(19)3/h4-9,11H,10,12H2,1-3H3. The maximum Gasteiger partial charge on any atom is 0.167 e. The maximum absolute atomic E-state index is 12.4. The summed E-state index contributed by atoms with van der Waals surface area (Å²) < 4.78 is 10.9. The van der Waals surface area contributed by atoms with E-state index in [1.807, 2.05) is 39.0 Å². The van der Waals surface area contributed by atoms with Crippen LogP contribution < -0.4 is 4.74 Å². The summed E-state index contributed by atoms with van der Waals surface area (Å²) in [5.74, 6) is 1.53. The van der Waals surface area contributed by atoms with Gasteiger partial charge in [0.15, 0.2) is 5.78 Å². The Labute approximate surface area is 146 Å². The molecule has 2 heterocycles. The molecule has 128 valence electrons. The molecule has 1 aromatic carbocycles. The molecule has 0 N–H and O–H groups in total. The fraction of sp³-hybridized carbons (Fsp3) is 0.250. The first kappa shape index (κ1) is 16.9. The minimum atomic E-state index is 0.0633. The summed E-state index contributed by atoms with van der Waals surface area (Å²) in [6, 6.07) is 9.10. The lowest BCUT2D eigenvalue weighted by Crippen LogP contribution is -2.05. The van der Waals surface area contributed by atoms with Gasteiger partial charge in [-0.05, 0) is 62.2 Å². The molecular formula is C20H20N2O3. The van der Waals surface area contributed by atoms with E-state index in [-0.39, 0.29) is 5.78 Å². The first-order chi connectivity index (χ1) is 12.0. The number of pyridine rings is 1. The van der Waals surface area contributed by atoms with Crippen molar-refractivity contribution in [3.8, 4) is 5.75 Å². The molecule has 0 atom stereocenters. The number of carbonyl (C=O) groups excluding carboxylic acids is 1. The molecular weight excluding hydrogens is 316 g/mol. The van der Waals surface area contributed by atoms with Crippen LogP contribution in [0.1, 0.15) is 38.5 Å². The van der Waals surface area contributed by atoms with E-state index in [0.29, 0.717) is 24.3 Å². The Kier molecular flexibility index (Phi) is 4.93. The van der Waals surface area contributed by atoms with Crippen molar-refractivity contribution < 1.29 is 14.1 Å². The Bertz CT molecular complexity index is 863. The number of aryl methyl sites for hydroxylation is 3. The number of benzene rings is 1. The van der Waals surface area contributed by atoms with E-state index >= 15 is 0 Å². The van der Waals surface area contributed by atoms with Crippen molar-refractivity contribution >= 4 is 5.78 Å². The first-order valence-corrected chi connectivity index (χ1v) is 8.12. The van der Waals surface area contributed by atoms with E-state index in [1.54, 1.807) is 24.5 Å². The molecule has 0 saturated carbocycles. The Balaban J connectivity index is 1.64. The van der Waals surface area contributed by atoms with Crippen molar-refractivity contribution in [3.05, 3.63) is 76.4 Å². The van der Waals surface area contributed by atoms with Gasteiger partial charge in [-0.3, -0.25) is 9.78 Å². The molecule has 0 aliphatic heterocycles. The number of rotatable bonds is 6. The second-order valence-electron chi connectivity index (χ2n) is 6.02. The van der Waals surface area contributed by atoms with Gasteiger partial charge in [0.2, 0.25) is 0 Å². The molecule has 0 aliphatic carbocycles. The van der Waals surface area contributed by atoms with E-state index in [4.69, 9.17) is 9.26 Å². The lowest BCUT2D eigenvalue weighted by molar-refractivity contribution is 0.0992. The van der Waals surface area contributed by atoms with Gasteiger partial charge in [0, 0.05) is 24.4 Å². The molecule has 0 bridgehead atoms. The Hall–Kier alpha value is -2.95. The molecule has 3 rings (SSSR count). The van der Waals surface area contributed by atoms with E-state index < -0.39 is 0 Å². The average molecular weight is 336 g/mol. The number of carbonyl (C=O) groups is 1. The summed E-state index contributed by atoms with van der Waals surface area (Å²) in [7, 11) is 0. The summed E-state index contributed by atoms with van der Waals surface area (Å²) in [6.07, 6.45) is 3.82. The van der Waals surface area contributed by atoms with E-state index in [9.17, 15) is 4.79 Å². The second-order valence-corrected chi connectivity index (χ2v) is 6.02. The predicted molar refractivity (Wildman–Crippen MR) is 93.8 cm³/mol. The Morgan fingerprint density at radius 2 is 1.88 bits per heavy atom. The molecule has 0 spiro atoms. The fourth-order valence-electron chi connectivity index (χ4n) is 2.56. The highest BCUT2D eigenvalue weighted by Crippen LogP contribution is 2.19. The van der Waals surface area contributed by atoms with Gasteiger partial charge in [-0.15, -0.1) is 0 Å². The molecule has 0 aliphatic rings. The number of hydrogen-bond donors (Lipinski definition) is 0. The molecule has 0 saturated heterocycles. The third kappa shape index (κ3) is 3.94. The number of aromatic nitrogens is 2. The molecule has 0 fully saturated rings. The highest BCUT2D eigenvalue weighted by molar-refractivity contribution is 5.97. The van der Waals surface area contributed by atoms with Crippen molar-refractivity contribution in [3.63, 3.8) is 0 Å². The van der Waals surface area contributed by atoms with Gasteiger partial charge in [-0.2, -0.15) is 0 Å². The van der Waals surface area contributed by atoms with Gasteiger partial charge in [0.05, 0.1) is 11.3 Å². The van der Waals surface area contributed by atoms with Crippen molar-refractivity contribution in [1.29, 1.82) is 0 Å². The summed E-state index contributed by atoms with van der Waals surface area (Å²) in [6.45, 7) is 6.12. The molecule has 25 heavy (non-hydrogen) atoms. The zero-order chi connectivity index (χ0) is 17.8. The van der Waals surface area contributed by atoms with Gasteiger partial charge in [0.25, 0.3) is 0 Å². The number of ether oxygens (including phenoxy) is 1. The highest BCUT2D eigenvalue weighted by Gasteiger charge is 2.11. The first-order valence-electron chi connectivity index (χ1n) is 8.12. The molecule has 0 radical (unpaired) electrons. The average Bonchev–Trinajstić information content (AvgIpc) is 2.93. The quantitative estimate of drug-likeness (QED) is 0.637. The monoisotopic (exact) mass is 336 g/mol. The number of Topliss-reactive ketones (excluding diaryl/α,β-unsaturated/α-hetero) is 1. The van der Waals surface area contributed by atoms with E-state index in [2.05, 4.69) is 10.1 Å². The van der Waals surface area contributed by atoms with Crippen LogP contribution in [-0.4, -0.2) is 15.9 Å². The van der Waals surface area contributed by atoms with Gasteiger partial charge < -0.3 is 9.26 Å². The lowest BCUT2D eigenvalue weighted by Gasteiger charge is -2.07. The molecule has 5 heteroatoms. The minimum absolute atomic E-state index is 0.0633. The van der Waals surface area contributed by atoms with Gasteiger partial charge >= 0.3 is 0 Å². The van der Waals surface area contributed by atoms with Crippen molar-refractivity contribution in [2.45, 2.75) is 33.8 Å². The van der Waals surface area contributed by atoms with Crippen LogP contribution in [0.25, 0.3) is 0 Å². The Morgan fingerprint density at radius 3 is 2.52 bits per heavy atom. The highest BCUT2D eigenvalue weighted by atomic mass is 16.5. The topological polar surface area (TPSA) is 65.2 Å². The van der Waals surface area contributed by atoms with Crippen LogP contribution in [0.3, 0.4) is 0 Å². The predicted octanol–water partition coefficient (Wildman–Crippen LogP) is 4.00. The van der Waals surface area contributed by atoms with Gasteiger partial charge in [0.1, 0.15) is 18.1 Å². The summed E-state index contributed by atoms with van der Waals surface area (Å²) in [5.41, 5.74) is 4.46. The van der Waals surface area contributed by atoms with Gasteiger partial charge in [-0.1, -0.05) is 5.16 Å². The molecule has 0 amide bonds. The molecule has 5 nitrogen and oxygen atoms in total. The van der Waals surface area contributed by atoms with E-state index in [1.165, 1.54) is 0 Å². The third-order valence-corrected chi connectivity index (χ3v) is 4.24. The number of ketones is 1. The van der Waals surface area contributed by atoms with Crippen LogP contribution in [0.4, 0.5) is 0 Å². The second kappa shape index (κ2) is 7.30. The summed E-state index contributed by atoms with van der Waals surface area (Å²) in [5, 5.41) is 3.91. The largest absolute Gasteiger partial charge is 0.489 e. The SMILES string of the molecule is Cc1ccncc1CC(=O)c1ccc(OCc2c(C)noc2C)cc1. The van der Waals surface area contributed by atoms with Crippen molar-refractivity contribution in [2.75, 3.05) is 0 Å². The van der Waals surface area contributed by atoms with Crippen molar-refractivity contribution in [2.24, 2.45) is 0 Å². The van der Waals surface area contributed by atoms with Crippen LogP contribution in [0.15, 0.2) is 47.2 Å².